The Kier molecular flexibility index (Phi) is 7.19. The van der Waals surface area contributed by atoms with Gasteiger partial charge in [-0.15, -0.1) is 22.0 Å². The van der Waals surface area contributed by atoms with E-state index < -0.39 is 52.1 Å². The second-order valence-corrected chi connectivity index (χ2v) is 12.9. The molecule has 0 unspecified atom stereocenters. The standard InChI is InChI=1S/C21H20ClF3N6O4S3/c1-7(31-13(9-3-4-9)11(22)15(29-31)21(23,24)25)16(32)26-12-17(33)30-14(19(34)35)10(5-36-18(12)30)6-37-20-28-27-8(2)38-20/h7,9,12,18H,3-6H2,1-2H3,(H,26,32)(H,34,35)/t7-,12-,18+/m1/s1. The van der Waals surface area contributed by atoms with Crippen LogP contribution in [0.25, 0.3) is 0 Å². The number of carboxylic acids is 1. The van der Waals surface area contributed by atoms with Crippen LogP contribution in [-0.4, -0.2) is 70.7 Å². The molecule has 1 aliphatic carbocycles. The predicted octanol–water partition coefficient (Wildman–Crippen LogP) is 3.68. The number of amides is 2. The van der Waals surface area contributed by atoms with Crippen LogP contribution >= 0.6 is 46.5 Å². The molecule has 2 aromatic heterocycles. The van der Waals surface area contributed by atoms with Gasteiger partial charge in [0.1, 0.15) is 28.2 Å². The number of hydrogen-bond acceptors (Lipinski definition) is 9. The molecule has 0 aromatic carbocycles. The minimum absolute atomic E-state index is 0.129. The number of carbonyl (C=O) groups is 3. The average Bonchev–Trinajstić information content (AvgIpc) is 3.50. The molecule has 1 saturated heterocycles. The lowest BCUT2D eigenvalue weighted by Crippen LogP contribution is -2.71. The molecule has 10 nitrogen and oxygen atoms in total. The fourth-order valence-electron chi connectivity index (χ4n) is 4.29. The summed E-state index contributed by atoms with van der Waals surface area (Å²) in [6.45, 7) is 3.19. The Hall–Kier alpha value is -2.30. The molecule has 38 heavy (non-hydrogen) atoms. The van der Waals surface area contributed by atoms with Crippen LogP contribution in [0, 0.1) is 6.92 Å². The van der Waals surface area contributed by atoms with Crippen molar-refractivity contribution in [2.45, 2.75) is 60.6 Å². The highest BCUT2D eigenvalue weighted by Crippen LogP contribution is 2.48. The van der Waals surface area contributed by atoms with Crippen LogP contribution in [0.15, 0.2) is 15.6 Å². The third-order valence-corrected chi connectivity index (χ3v) is 10.1. The van der Waals surface area contributed by atoms with Crippen molar-refractivity contribution in [2.24, 2.45) is 0 Å². The number of aliphatic carboxylic acids is 1. The van der Waals surface area contributed by atoms with Crippen LogP contribution in [0.2, 0.25) is 5.02 Å². The topological polar surface area (TPSA) is 130 Å². The van der Waals surface area contributed by atoms with Crippen molar-refractivity contribution >= 4 is 64.2 Å². The molecular formula is C21H20ClF3N6O4S3. The van der Waals surface area contributed by atoms with Crippen molar-refractivity contribution in [1.82, 2.24) is 30.2 Å². The van der Waals surface area contributed by atoms with E-state index in [4.69, 9.17) is 11.6 Å². The predicted molar refractivity (Wildman–Crippen MR) is 134 cm³/mol. The summed E-state index contributed by atoms with van der Waals surface area (Å²) in [5.41, 5.74) is -0.683. The van der Waals surface area contributed by atoms with E-state index in [9.17, 15) is 32.7 Å². The normalized spacial score (nSPS) is 22.3. The first-order valence-corrected chi connectivity index (χ1v) is 14.6. The number of fused-ring (bicyclic) bond motifs is 1. The number of aromatic nitrogens is 4. The smallest absolute Gasteiger partial charge is 0.436 e. The molecule has 1 saturated carbocycles. The number of aryl methyl sites for hydroxylation is 1. The van der Waals surface area contributed by atoms with E-state index in [2.05, 4.69) is 20.6 Å². The highest BCUT2D eigenvalue weighted by molar-refractivity contribution is 8.01. The molecule has 3 aliphatic rings. The Morgan fingerprint density at radius 2 is 2.03 bits per heavy atom. The number of carboxylic acid groups (broad SMARTS) is 1. The summed E-state index contributed by atoms with van der Waals surface area (Å²) in [4.78, 5) is 39.2. The summed E-state index contributed by atoms with van der Waals surface area (Å²) < 4.78 is 41.9. The maximum atomic E-state index is 13.4. The van der Waals surface area contributed by atoms with Crippen LogP contribution in [0.1, 0.15) is 48.1 Å². The third kappa shape index (κ3) is 4.91. The molecule has 0 radical (unpaired) electrons. The largest absolute Gasteiger partial charge is 0.477 e. The number of nitrogens with one attached hydrogen (secondary N) is 1. The minimum Gasteiger partial charge on any atom is -0.477 e. The van der Waals surface area contributed by atoms with Crippen LogP contribution in [0.3, 0.4) is 0 Å². The first-order valence-electron chi connectivity index (χ1n) is 11.4. The molecule has 2 aromatic rings. The Morgan fingerprint density at radius 3 is 2.61 bits per heavy atom. The van der Waals surface area contributed by atoms with Gasteiger partial charge in [0.15, 0.2) is 10.0 Å². The number of hydrogen-bond donors (Lipinski definition) is 2. The summed E-state index contributed by atoms with van der Waals surface area (Å²) in [6, 6.07) is -2.20. The molecule has 2 N–H and O–H groups in total. The molecule has 4 heterocycles. The van der Waals surface area contributed by atoms with Crippen LogP contribution < -0.4 is 5.32 Å². The summed E-state index contributed by atoms with van der Waals surface area (Å²) >= 11 is 10.0. The van der Waals surface area contributed by atoms with Crippen LogP contribution in [0.5, 0.6) is 0 Å². The second-order valence-electron chi connectivity index (χ2n) is 8.97. The first-order chi connectivity index (χ1) is 17.9. The van der Waals surface area contributed by atoms with Crippen molar-refractivity contribution in [1.29, 1.82) is 0 Å². The fraction of sp³-hybridized carbons (Fsp3) is 0.524. The zero-order chi connectivity index (χ0) is 27.5. The fourth-order valence-corrected chi connectivity index (χ4v) is 7.98. The summed E-state index contributed by atoms with van der Waals surface area (Å²) in [6.07, 6.45) is -3.51. The Morgan fingerprint density at radius 1 is 1.32 bits per heavy atom. The SMILES string of the molecule is Cc1nnc(SCC2=C(C(=O)O)N3C(=O)[C@@H](NC(=O)[C@@H](C)n4nc(C(F)(F)F)c(Cl)c4C4CC4)[C@@H]3SC2)s1. The molecule has 0 bridgehead atoms. The van der Waals surface area contributed by atoms with Gasteiger partial charge in [-0.25, -0.2) is 4.79 Å². The molecule has 17 heteroatoms. The molecular weight excluding hydrogens is 589 g/mol. The van der Waals surface area contributed by atoms with Gasteiger partial charge in [0, 0.05) is 17.4 Å². The summed E-state index contributed by atoms with van der Waals surface area (Å²) in [7, 11) is 0. The Bertz CT molecular complexity index is 1360. The van der Waals surface area contributed by atoms with Crippen LogP contribution in [0.4, 0.5) is 13.2 Å². The van der Waals surface area contributed by atoms with Gasteiger partial charge in [0.25, 0.3) is 5.91 Å². The van der Waals surface area contributed by atoms with E-state index in [-0.39, 0.29) is 17.3 Å². The van der Waals surface area contributed by atoms with Crippen molar-refractivity contribution < 1.29 is 32.7 Å². The number of nitrogens with zero attached hydrogens (tertiary/aromatic N) is 5. The van der Waals surface area contributed by atoms with E-state index in [0.29, 0.717) is 34.3 Å². The van der Waals surface area contributed by atoms with Gasteiger partial charge in [-0.3, -0.25) is 19.2 Å². The molecule has 2 aliphatic heterocycles. The van der Waals surface area contributed by atoms with Crippen molar-refractivity contribution in [3.05, 3.63) is 32.7 Å². The van der Waals surface area contributed by atoms with Gasteiger partial charge >= 0.3 is 12.1 Å². The van der Waals surface area contributed by atoms with E-state index >= 15 is 0 Å². The van der Waals surface area contributed by atoms with E-state index in [1.165, 1.54) is 41.8 Å². The lowest BCUT2D eigenvalue weighted by Gasteiger charge is -2.49. The monoisotopic (exact) mass is 608 g/mol. The van der Waals surface area contributed by atoms with Gasteiger partial charge in [-0.2, -0.15) is 18.3 Å². The quantitative estimate of drug-likeness (QED) is 0.340. The van der Waals surface area contributed by atoms with Gasteiger partial charge in [-0.05, 0) is 32.3 Å². The number of alkyl halides is 3. The first kappa shape index (κ1) is 27.3. The zero-order valence-electron chi connectivity index (χ0n) is 19.8. The summed E-state index contributed by atoms with van der Waals surface area (Å²) in [5.74, 6) is -2.18. The summed E-state index contributed by atoms with van der Waals surface area (Å²) in [5, 5.41) is 23.6. The zero-order valence-corrected chi connectivity index (χ0v) is 23.0. The Balaban J connectivity index is 1.31. The van der Waals surface area contributed by atoms with Gasteiger partial charge < -0.3 is 10.4 Å². The molecule has 204 valence electrons. The van der Waals surface area contributed by atoms with E-state index in [1.54, 1.807) is 0 Å². The molecule has 5 rings (SSSR count). The van der Waals surface area contributed by atoms with E-state index in [0.717, 1.165) is 14.6 Å². The molecule has 2 amide bonds. The van der Waals surface area contributed by atoms with Crippen molar-refractivity contribution in [2.75, 3.05) is 11.5 Å². The minimum atomic E-state index is -4.78. The number of carbonyl (C=O) groups excluding carboxylic acids is 2. The highest BCUT2D eigenvalue weighted by atomic mass is 35.5. The second kappa shape index (κ2) is 10.0. The van der Waals surface area contributed by atoms with Gasteiger partial charge in [-0.1, -0.05) is 34.7 Å². The maximum Gasteiger partial charge on any atom is 0.436 e. The van der Waals surface area contributed by atoms with Crippen LogP contribution in [-0.2, 0) is 20.6 Å². The van der Waals surface area contributed by atoms with E-state index in [1.807, 2.05) is 6.92 Å². The lowest BCUT2D eigenvalue weighted by molar-refractivity contribution is -0.151. The lowest BCUT2D eigenvalue weighted by atomic mass is 10.0. The number of rotatable bonds is 8. The maximum absolute atomic E-state index is 13.4. The molecule has 3 atom stereocenters. The number of halogens is 4. The highest BCUT2D eigenvalue weighted by Gasteiger charge is 2.54. The van der Waals surface area contributed by atoms with Crippen molar-refractivity contribution in [3.63, 3.8) is 0 Å². The average molecular weight is 609 g/mol. The third-order valence-electron chi connectivity index (χ3n) is 6.29. The van der Waals surface area contributed by atoms with Crippen molar-refractivity contribution in [3.8, 4) is 0 Å². The Labute approximate surface area is 231 Å². The van der Waals surface area contributed by atoms with Gasteiger partial charge in [0.2, 0.25) is 5.91 Å². The number of β-lactam (4-membered cyclic amide) rings is 1. The molecule has 2 fully saturated rings. The molecule has 0 spiro atoms. The van der Waals surface area contributed by atoms with Gasteiger partial charge in [0.05, 0.1) is 10.7 Å². The number of thioether (sulfide) groups is 2.